The molecule has 5 nitrogen and oxygen atoms in total. The Labute approximate surface area is 130 Å². The van der Waals surface area contributed by atoms with Crippen LogP contribution in [0.25, 0.3) is 0 Å². The zero-order valence-electron chi connectivity index (χ0n) is 13.6. The Morgan fingerprint density at radius 2 is 1.76 bits per heavy atom. The van der Waals surface area contributed by atoms with Crippen molar-refractivity contribution in [1.29, 1.82) is 0 Å². The summed E-state index contributed by atoms with van der Waals surface area (Å²) < 4.78 is 27.3. The van der Waals surface area contributed by atoms with E-state index in [2.05, 4.69) is 12.2 Å². The first-order valence-electron chi connectivity index (χ1n) is 8.10. The quantitative estimate of drug-likeness (QED) is 0.449. The van der Waals surface area contributed by atoms with E-state index in [0.717, 1.165) is 6.42 Å². The van der Waals surface area contributed by atoms with Crippen molar-refractivity contribution in [2.75, 3.05) is 38.3 Å². The molecule has 21 heavy (non-hydrogen) atoms. The second-order valence-electron chi connectivity index (χ2n) is 5.68. The van der Waals surface area contributed by atoms with Crippen LogP contribution in [0.4, 0.5) is 0 Å². The highest BCUT2D eigenvalue weighted by Gasteiger charge is 2.05. The molecule has 0 saturated carbocycles. The van der Waals surface area contributed by atoms with E-state index >= 15 is 0 Å². The molecule has 0 aromatic rings. The first-order valence-corrected chi connectivity index (χ1v) is 10.2. The van der Waals surface area contributed by atoms with Crippen LogP contribution in [-0.4, -0.2) is 57.9 Å². The molecule has 0 aliphatic heterocycles. The molecule has 2 N–H and O–H groups in total. The van der Waals surface area contributed by atoms with E-state index < -0.39 is 15.9 Å². The summed E-state index contributed by atoms with van der Waals surface area (Å²) in [6.07, 6.45) is 8.67. The zero-order valence-corrected chi connectivity index (χ0v) is 14.5. The molecule has 0 amide bonds. The number of nitrogens with one attached hydrogen (secondary N) is 1. The number of rotatable bonds is 15. The van der Waals surface area contributed by atoms with Crippen molar-refractivity contribution >= 4 is 9.84 Å². The Morgan fingerprint density at radius 3 is 2.43 bits per heavy atom. The molecule has 0 aliphatic rings. The van der Waals surface area contributed by atoms with Crippen LogP contribution in [0, 0.1) is 0 Å². The Bertz CT molecular complexity index is 320. The summed E-state index contributed by atoms with van der Waals surface area (Å²) in [7, 11) is -2.88. The van der Waals surface area contributed by atoms with Crippen LogP contribution in [0.15, 0.2) is 0 Å². The van der Waals surface area contributed by atoms with Gasteiger partial charge in [-0.25, -0.2) is 8.42 Å². The summed E-state index contributed by atoms with van der Waals surface area (Å²) in [5.41, 5.74) is 0. The van der Waals surface area contributed by atoms with E-state index in [-0.39, 0.29) is 5.75 Å². The second kappa shape index (κ2) is 13.5. The predicted molar refractivity (Wildman–Crippen MR) is 87.4 cm³/mol. The highest BCUT2D eigenvalue weighted by Crippen LogP contribution is 2.04. The maximum atomic E-state index is 10.9. The third-order valence-electron chi connectivity index (χ3n) is 3.20. The molecule has 0 aromatic carbocycles. The number of unbranched alkanes of at least 4 members (excludes halogenated alkanes) is 5. The molecule has 0 bridgehead atoms. The average Bonchev–Trinajstić information content (AvgIpc) is 2.40. The molecule has 0 spiro atoms. The maximum Gasteiger partial charge on any atom is 0.147 e. The van der Waals surface area contributed by atoms with Gasteiger partial charge in [0.05, 0.1) is 18.5 Å². The van der Waals surface area contributed by atoms with Crippen molar-refractivity contribution in [3.63, 3.8) is 0 Å². The summed E-state index contributed by atoms with van der Waals surface area (Å²) in [6.45, 7) is 4.30. The number of aliphatic hydroxyl groups is 1. The Morgan fingerprint density at radius 1 is 1.10 bits per heavy atom. The Hall–Kier alpha value is -0.170. The lowest BCUT2D eigenvalue weighted by molar-refractivity contribution is 0.0355. The molecule has 0 saturated heterocycles. The predicted octanol–water partition coefficient (Wildman–Crippen LogP) is 1.75. The van der Waals surface area contributed by atoms with Crippen LogP contribution in [0.2, 0.25) is 0 Å². The summed E-state index contributed by atoms with van der Waals surface area (Å²) >= 11 is 0. The van der Waals surface area contributed by atoms with Crippen LogP contribution in [0.1, 0.15) is 51.9 Å². The maximum absolute atomic E-state index is 10.9. The van der Waals surface area contributed by atoms with Crippen molar-refractivity contribution in [1.82, 2.24) is 5.32 Å². The molecule has 6 heteroatoms. The number of sulfone groups is 1. The van der Waals surface area contributed by atoms with Crippen molar-refractivity contribution in [2.45, 2.75) is 58.0 Å². The Balaban J connectivity index is 3.25. The summed E-state index contributed by atoms with van der Waals surface area (Å²) in [5, 5.41) is 12.7. The highest BCUT2D eigenvalue weighted by atomic mass is 32.2. The summed E-state index contributed by atoms with van der Waals surface area (Å²) in [4.78, 5) is 0. The molecular weight excluding hydrogens is 290 g/mol. The molecule has 1 unspecified atom stereocenters. The highest BCUT2D eigenvalue weighted by molar-refractivity contribution is 7.90. The van der Waals surface area contributed by atoms with Crippen molar-refractivity contribution in [3.8, 4) is 0 Å². The van der Waals surface area contributed by atoms with E-state index in [9.17, 15) is 13.5 Å². The third-order valence-corrected chi connectivity index (χ3v) is 4.23. The molecule has 0 rings (SSSR count). The largest absolute Gasteiger partial charge is 0.389 e. The van der Waals surface area contributed by atoms with Crippen molar-refractivity contribution in [2.24, 2.45) is 0 Å². The lowest BCUT2D eigenvalue weighted by Gasteiger charge is -2.12. The fourth-order valence-corrected chi connectivity index (χ4v) is 2.66. The van der Waals surface area contributed by atoms with Crippen LogP contribution in [0.5, 0.6) is 0 Å². The number of aliphatic hydroxyl groups excluding tert-OH is 1. The summed E-state index contributed by atoms with van der Waals surface area (Å²) in [5.74, 6) is 0.185. The van der Waals surface area contributed by atoms with Gasteiger partial charge in [0.2, 0.25) is 0 Å². The van der Waals surface area contributed by atoms with Crippen molar-refractivity contribution < 1.29 is 18.3 Å². The van der Waals surface area contributed by atoms with Gasteiger partial charge in [0.15, 0.2) is 0 Å². The lowest BCUT2D eigenvalue weighted by atomic mass is 10.1. The van der Waals surface area contributed by atoms with Crippen LogP contribution >= 0.6 is 0 Å². The summed E-state index contributed by atoms with van der Waals surface area (Å²) in [6, 6.07) is 0. The average molecular weight is 323 g/mol. The smallest absolute Gasteiger partial charge is 0.147 e. The monoisotopic (exact) mass is 323 g/mol. The SMILES string of the molecule is CCCCCCCCOCC(O)CNCCCS(C)(=O)=O. The van der Waals surface area contributed by atoms with E-state index in [1.165, 1.54) is 38.4 Å². The molecule has 0 heterocycles. The minimum absolute atomic E-state index is 0.185. The number of hydrogen-bond acceptors (Lipinski definition) is 5. The fourth-order valence-electron chi connectivity index (χ4n) is 1.99. The third kappa shape index (κ3) is 17.8. The minimum atomic E-state index is -2.88. The lowest BCUT2D eigenvalue weighted by Crippen LogP contribution is -2.31. The van der Waals surface area contributed by atoms with E-state index in [1.807, 2.05) is 0 Å². The minimum Gasteiger partial charge on any atom is -0.389 e. The molecule has 128 valence electrons. The molecule has 0 fully saturated rings. The van der Waals surface area contributed by atoms with E-state index in [4.69, 9.17) is 4.74 Å². The molecule has 1 atom stereocenters. The van der Waals surface area contributed by atoms with Crippen LogP contribution in [-0.2, 0) is 14.6 Å². The zero-order chi connectivity index (χ0) is 16.0. The second-order valence-corrected chi connectivity index (χ2v) is 7.94. The first-order chi connectivity index (χ1) is 9.95. The van der Waals surface area contributed by atoms with Gasteiger partial charge >= 0.3 is 0 Å². The molecular formula is C15H33NO4S. The number of hydrogen-bond donors (Lipinski definition) is 2. The van der Waals surface area contributed by atoms with Gasteiger partial charge in [-0.3, -0.25) is 0 Å². The molecule has 0 aromatic heterocycles. The normalized spacial score (nSPS) is 13.5. The standard InChI is InChI=1S/C15H33NO4S/c1-3-4-5-6-7-8-11-20-14-15(17)13-16-10-9-12-21(2,18)19/h15-17H,3-14H2,1-2H3. The van der Waals surface area contributed by atoms with Gasteiger partial charge in [0.1, 0.15) is 9.84 Å². The van der Waals surface area contributed by atoms with Crippen LogP contribution in [0.3, 0.4) is 0 Å². The fraction of sp³-hybridized carbons (Fsp3) is 1.00. The van der Waals surface area contributed by atoms with E-state index in [1.54, 1.807) is 0 Å². The topological polar surface area (TPSA) is 75.6 Å². The first kappa shape index (κ1) is 20.8. The van der Waals surface area contributed by atoms with Gasteiger partial charge in [-0.05, 0) is 19.4 Å². The van der Waals surface area contributed by atoms with Gasteiger partial charge < -0.3 is 15.2 Å². The van der Waals surface area contributed by atoms with Gasteiger partial charge in [-0.1, -0.05) is 39.0 Å². The van der Waals surface area contributed by atoms with E-state index in [0.29, 0.717) is 32.7 Å². The molecule has 0 aliphatic carbocycles. The van der Waals surface area contributed by atoms with Gasteiger partial charge in [0.25, 0.3) is 0 Å². The van der Waals surface area contributed by atoms with Crippen LogP contribution < -0.4 is 5.32 Å². The Kier molecular flexibility index (Phi) is 13.4. The van der Waals surface area contributed by atoms with Crippen molar-refractivity contribution in [3.05, 3.63) is 0 Å². The molecule has 0 radical (unpaired) electrons. The van der Waals surface area contributed by atoms with Gasteiger partial charge in [-0.15, -0.1) is 0 Å². The van der Waals surface area contributed by atoms with Gasteiger partial charge in [0, 0.05) is 19.4 Å². The number of ether oxygens (including phenoxy) is 1. The van der Waals surface area contributed by atoms with Gasteiger partial charge in [-0.2, -0.15) is 0 Å².